The number of nitrogens with zero attached hydrogens (tertiary/aromatic N) is 1. The van der Waals surface area contributed by atoms with Gasteiger partial charge in [-0.05, 0) is 59.5 Å². The molecule has 0 radical (unpaired) electrons. The molecule has 0 N–H and O–H groups in total. The molecule has 0 spiro atoms. The average molecular weight is 373 g/mol. The van der Waals surface area contributed by atoms with Crippen LogP contribution < -0.4 is 4.90 Å². The molecule has 1 aromatic rings. The van der Waals surface area contributed by atoms with Crippen LogP contribution in [0.3, 0.4) is 0 Å². The summed E-state index contributed by atoms with van der Waals surface area (Å²) >= 11 is 1.96. The Morgan fingerprint density at radius 3 is 2.32 bits per heavy atom. The molecule has 2 fully saturated rings. The van der Waals surface area contributed by atoms with Gasteiger partial charge in [-0.25, -0.2) is 9.29 Å². The molecular formula is C14H13FINO2. The van der Waals surface area contributed by atoms with E-state index in [4.69, 9.17) is 0 Å². The van der Waals surface area contributed by atoms with Crippen LogP contribution in [0.2, 0.25) is 0 Å². The van der Waals surface area contributed by atoms with Crippen molar-refractivity contribution in [2.75, 3.05) is 4.90 Å². The maximum atomic E-state index is 13.1. The SMILES string of the molecule is CC1CC2C(=O)N(c3ccc(F)cc3I)C(=O)C2C1. The third-order valence-electron chi connectivity index (χ3n) is 4.02. The van der Waals surface area contributed by atoms with Crippen LogP contribution in [0, 0.1) is 27.1 Å². The van der Waals surface area contributed by atoms with Crippen molar-refractivity contribution >= 4 is 40.1 Å². The molecule has 0 bridgehead atoms. The highest BCUT2D eigenvalue weighted by Gasteiger charge is 2.52. The van der Waals surface area contributed by atoms with Gasteiger partial charge in [-0.1, -0.05) is 6.92 Å². The zero-order valence-corrected chi connectivity index (χ0v) is 12.6. The number of carbonyl (C=O) groups is 2. The van der Waals surface area contributed by atoms with Crippen LogP contribution >= 0.6 is 22.6 Å². The van der Waals surface area contributed by atoms with Gasteiger partial charge in [0.25, 0.3) is 0 Å². The number of anilines is 1. The molecular weight excluding hydrogens is 360 g/mol. The van der Waals surface area contributed by atoms with Gasteiger partial charge in [0.1, 0.15) is 5.82 Å². The lowest BCUT2D eigenvalue weighted by Crippen LogP contribution is -2.32. The minimum Gasteiger partial charge on any atom is -0.274 e. The highest BCUT2D eigenvalue weighted by Crippen LogP contribution is 2.44. The molecule has 2 aliphatic rings. The highest BCUT2D eigenvalue weighted by molar-refractivity contribution is 14.1. The Hall–Kier alpha value is -0.980. The molecule has 100 valence electrons. The van der Waals surface area contributed by atoms with Crippen LogP contribution in [0.15, 0.2) is 18.2 Å². The number of hydrogen-bond donors (Lipinski definition) is 0. The summed E-state index contributed by atoms with van der Waals surface area (Å²) in [7, 11) is 0. The number of fused-ring (bicyclic) bond motifs is 1. The molecule has 2 unspecified atom stereocenters. The van der Waals surface area contributed by atoms with Crippen LogP contribution in [0.5, 0.6) is 0 Å². The second-order valence-corrected chi connectivity index (χ2v) is 6.56. The summed E-state index contributed by atoms with van der Waals surface area (Å²) in [4.78, 5) is 26.0. The van der Waals surface area contributed by atoms with Crippen LogP contribution in [0.25, 0.3) is 0 Å². The van der Waals surface area contributed by atoms with Gasteiger partial charge in [0.2, 0.25) is 11.8 Å². The fourth-order valence-corrected chi connectivity index (χ4v) is 3.90. The predicted octanol–water partition coefficient (Wildman–Crippen LogP) is 2.97. The first-order chi connectivity index (χ1) is 8.99. The van der Waals surface area contributed by atoms with Gasteiger partial charge in [-0.15, -0.1) is 0 Å². The Balaban J connectivity index is 1.99. The molecule has 3 rings (SSSR count). The van der Waals surface area contributed by atoms with Gasteiger partial charge in [-0.3, -0.25) is 9.59 Å². The largest absolute Gasteiger partial charge is 0.274 e. The summed E-state index contributed by atoms with van der Waals surface area (Å²) in [6.45, 7) is 2.07. The van der Waals surface area contributed by atoms with Crippen molar-refractivity contribution in [3.8, 4) is 0 Å². The molecule has 2 atom stereocenters. The second kappa shape index (κ2) is 4.54. The number of hydrogen-bond acceptors (Lipinski definition) is 2. The monoisotopic (exact) mass is 373 g/mol. The van der Waals surface area contributed by atoms with E-state index >= 15 is 0 Å². The van der Waals surface area contributed by atoms with E-state index < -0.39 is 0 Å². The summed E-state index contributed by atoms with van der Waals surface area (Å²) in [5.41, 5.74) is 0.513. The molecule has 1 heterocycles. The Labute approximate surface area is 124 Å². The second-order valence-electron chi connectivity index (χ2n) is 5.40. The van der Waals surface area contributed by atoms with Crippen molar-refractivity contribution in [2.24, 2.45) is 17.8 Å². The van der Waals surface area contributed by atoms with Gasteiger partial charge in [0.15, 0.2) is 0 Å². The van der Waals surface area contributed by atoms with Crippen molar-refractivity contribution in [2.45, 2.75) is 19.8 Å². The normalized spacial score (nSPS) is 30.1. The minimum atomic E-state index is -0.360. The smallest absolute Gasteiger partial charge is 0.237 e. The van der Waals surface area contributed by atoms with E-state index in [1.807, 2.05) is 22.6 Å². The summed E-state index contributed by atoms with van der Waals surface area (Å²) in [6, 6.07) is 4.14. The fraction of sp³-hybridized carbons (Fsp3) is 0.429. The Bertz CT molecular complexity index is 551. The maximum absolute atomic E-state index is 13.1. The van der Waals surface area contributed by atoms with Gasteiger partial charge in [0, 0.05) is 3.57 Å². The first kappa shape index (κ1) is 13.0. The standard InChI is InChI=1S/C14H13FINO2/c1-7-4-9-10(5-7)14(19)17(13(9)18)12-3-2-8(15)6-11(12)16/h2-3,6-7,9-10H,4-5H2,1H3. The van der Waals surface area contributed by atoms with E-state index in [0.29, 0.717) is 15.2 Å². The van der Waals surface area contributed by atoms with E-state index in [1.165, 1.54) is 23.1 Å². The van der Waals surface area contributed by atoms with Crippen molar-refractivity contribution in [3.63, 3.8) is 0 Å². The van der Waals surface area contributed by atoms with E-state index in [2.05, 4.69) is 6.92 Å². The van der Waals surface area contributed by atoms with Gasteiger partial charge >= 0.3 is 0 Å². The van der Waals surface area contributed by atoms with E-state index in [1.54, 1.807) is 0 Å². The van der Waals surface area contributed by atoms with Crippen LogP contribution in [0.4, 0.5) is 10.1 Å². The van der Waals surface area contributed by atoms with Crippen molar-refractivity contribution in [1.82, 2.24) is 0 Å². The third-order valence-corrected chi connectivity index (χ3v) is 4.89. The van der Waals surface area contributed by atoms with Crippen molar-refractivity contribution < 1.29 is 14.0 Å². The zero-order valence-electron chi connectivity index (χ0n) is 10.4. The van der Waals surface area contributed by atoms with Gasteiger partial charge in [-0.2, -0.15) is 0 Å². The van der Waals surface area contributed by atoms with E-state index in [0.717, 1.165) is 12.8 Å². The van der Waals surface area contributed by atoms with Crippen molar-refractivity contribution in [3.05, 3.63) is 27.6 Å². The van der Waals surface area contributed by atoms with Gasteiger partial charge in [0.05, 0.1) is 17.5 Å². The lowest BCUT2D eigenvalue weighted by molar-refractivity contribution is -0.123. The van der Waals surface area contributed by atoms with Gasteiger partial charge < -0.3 is 0 Å². The summed E-state index contributed by atoms with van der Waals surface area (Å²) in [5, 5.41) is 0. The number of rotatable bonds is 1. The molecule has 5 heteroatoms. The topological polar surface area (TPSA) is 37.4 Å². The number of carbonyl (C=O) groups excluding carboxylic acids is 2. The quantitative estimate of drug-likeness (QED) is 0.561. The lowest BCUT2D eigenvalue weighted by Gasteiger charge is -2.18. The first-order valence-electron chi connectivity index (χ1n) is 6.32. The molecule has 3 nitrogen and oxygen atoms in total. The van der Waals surface area contributed by atoms with E-state index in [-0.39, 0.29) is 29.5 Å². The number of halogens is 2. The maximum Gasteiger partial charge on any atom is 0.237 e. The fourth-order valence-electron chi connectivity index (χ4n) is 3.18. The zero-order chi connectivity index (χ0) is 13.7. The molecule has 1 aliphatic heterocycles. The van der Waals surface area contributed by atoms with Crippen LogP contribution in [-0.2, 0) is 9.59 Å². The minimum absolute atomic E-state index is 0.121. The van der Waals surface area contributed by atoms with Crippen LogP contribution in [-0.4, -0.2) is 11.8 Å². The summed E-state index contributed by atoms with van der Waals surface area (Å²) < 4.78 is 13.7. The molecule has 1 aliphatic carbocycles. The molecule has 1 aromatic carbocycles. The van der Waals surface area contributed by atoms with E-state index in [9.17, 15) is 14.0 Å². The molecule has 1 saturated heterocycles. The summed E-state index contributed by atoms with van der Waals surface area (Å²) in [5.74, 6) is -0.530. The predicted molar refractivity (Wildman–Crippen MR) is 77.0 cm³/mol. The number of imide groups is 1. The molecule has 2 amide bonds. The van der Waals surface area contributed by atoms with Crippen LogP contribution in [0.1, 0.15) is 19.8 Å². The molecule has 0 aromatic heterocycles. The number of amides is 2. The van der Waals surface area contributed by atoms with Crippen molar-refractivity contribution in [1.29, 1.82) is 0 Å². The Morgan fingerprint density at radius 1 is 1.21 bits per heavy atom. The molecule has 19 heavy (non-hydrogen) atoms. The number of benzene rings is 1. The Morgan fingerprint density at radius 2 is 1.79 bits per heavy atom. The summed E-state index contributed by atoms with van der Waals surface area (Å²) in [6.07, 6.45) is 1.56. The highest BCUT2D eigenvalue weighted by atomic mass is 127. The first-order valence-corrected chi connectivity index (χ1v) is 7.39. The lowest BCUT2D eigenvalue weighted by atomic mass is 10.00. The average Bonchev–Trinajstić information content (AvgIpc) is 2.82. The molecule has 1 saturated carbocycles. The third kappa shape index (κ3) is 1.98. The Kier molecular flexibility index (Phi) is 3.11.